The van der Waals surface area contributed by atoms with E-state index in [4.69, 9.17) is 4.98 Å². The summed E-state index contributed by atoms with van der Waals surface area (Å²) < 4.78 is 1.88. The highest BCUT2D eigenvalue weighted by Crippen LogP contribution is 2.27. The Hall–Kier alpha value is -3.45. The average molecular weight is 445 g/mol. The van der Waals surface area contributed by atoms with Gasteiger partial charge in [0, 0.05) is 41.5 Å². The highest BCUT2D eigenvalue weighted by atomic mass is 32.1. The van der Waals surface area contributed by atoms with Crippen LogP contribution in [0.15, 0.2) is 60.1 Å². The molecule has 1 fully saturated rings. The summed E-state index contributed by atoms with van der Waals surface area (Å²) in [5.74, 6) is -0.0786. The number of nitrogens with one attached hydrogen (secondary N) is 1. The first-order valence-corrected chi connectivity index (χ1v) is 11.7. The second-order valence-electron chi connectivity index (χ2n) is 8.16. The van der Waals surface area contributed by atoms with E-state index in [1.807, 2.05) is 70.3 Å². The molecule has 1 aliphatic rings. The van der Waals surface area contributed by atoms with Gasteiger partial charge in [-0.3, -0.25) is 14.0 Å². The highest BCUT2D eigenvalue weighted by molar-refractivity contribution is 7.15. The summed E-state index contributed by atoms with van der Waals surface area (Å²) in [7, 11) is 0. The van der Waals surface area contributed by atoms with Gasteiger partial charge in [-0.25, -0.2) is 4.98 Å². The van der Waals surface area contributed by atoms with Gasteiger partial charge in [-0.2, -0.15) is 0 Å². The molecule has 1 aliphatic heterocycles. The van der Waals surface area contributed by atoms with Crippen molar-refractivity contribution < 1.29 is 9.59 Å². The summed E-state index contributed by atoms with van der Waals surface area (Å²) in [5.41, 5.74) is 4.69. The summed E-state index contributed by atoms with van der Waals surface area (Å²) in [5, 5.41) is 4.85. The molecule has 5 rings (SSSR count). The van der Waals surface area contributed by atoms with Crippen molar-refractivity contribution in [3.05, 3.63) is 76.9 Å². The summed E-state index contributed by atoms with van der Waals surface area (Å²) in [6.45, 7) is 3.60. The largest absolute Gasteiger partial charge is 0.337 e. The van der Waals surface area contributed by atoms with Gasteiger partial charge in [-0.1, -0.05) is 29.8 Å². The number of thiazole rings is 1. The summed E-state index contributed by atoms with van der Waals surface area (Å²) in [4.78, 5) is 33.0. The molecule has 0 atom stereocenters. The third-order valence-electron chi connectivity index (χ3n) is 5.77. The average Bonchev–Trinajstić information content (AvgIpc) is 3.40. The molecule has 2 aromatic heterocycles. The lowest BCUT2D eigenvalue weighted by Gasteiger charge is -2.26. The molecule has 162 valence electrons. The molecule has 0 saturated carbocycles. The smallest absolute Gasteiger partial charge is 0.271 e. The van der Waals surface area contributed by atoms with E-state index in [0.717, 1.165) is 47.7 Å². The van der Waals surface area contributed by atoms with Gasteiger partial charge in [0.15, 0.2) is 4.96 Å². The first-order valence-electron chi connectivity index (χ1n) is 10.8. The molecule has 2 amide bonds. The Morgan fingerprint density at radius 1 is 1.03 bits per heavy atom. The molecule has 7 heteroatoms. The molecule has 2 aromatic carbocycles. The van der Waals surface area contributed by atoms with Crippen molar-refractivity contribution in [1.29, 1.82) is 0 Å². The quantitative estimate of drug-likeness (QED) is 0.468. The molecule has 6 nitrogen and oxygen atoms in total. The van der Waals surface area contributed by atoms with Gasteiger partial charge < -0.3 is 10.2 Å². The number of aromatic nitrogens is 2. The number of rotatable bonds is 4. The Kier molecular flexibility index (Phi) is 5.49. The number of benzene rings is 2. The number of piperidine rings is 1. The molecular formula is C25H24N4O2S. The Morgan fingerprint density at radius 2 is 1.84 bits per heavy atom. The number of hydrogen-bond acceptors (Lipinski definition) is 4. The minimum atomic E-state index is -0.147. The van der Waals surface area contributed by atoms with Crippen LogP contribution in [0.3, 0.4) is 0 Å². The lowest BCUT2D eigenvalue weighted by molar-refractivity contribution is 0.0717. The third-order valence-corrected chi connectivity index (χ3v) is 6.61. The number of hydrogen-bond donors (Lipinski definition) is 1. The molecule has 4 aromatic rings. The molecule has 0 bridgehead atoms. The number of nitrogens with zero attached hydrogens (tertiary/aromatic N) is 3. The molecule has 32 heavy (non-hydrogen) atoms. The number of fused-ring (bicyclic) bond motifs is 1. The third kappa shape index (κ3) is 4.03. The van der Waals surface area contributed by atoms with Crippen LogP contribution in [0.25, 0.3) is 16.2 Å². The molecule has 0 spiro atoms. The van der Waals surface area contributed by atoms with Crippen molar-refractivity contribution in [3.63, 3.8) is 0 Å². The van der Waals surface area contributed by atoms with Gasteiger partial charge in [0.1, 0.15) is 5.69 Å². The van der Waals surface area contributed by atoms with Gasteiger partial charge in [0.05, 0.1) is 5.69 Å². The van der Waals surface area contributed by atoms with Crippen molar-refractivity contribution in [1.82, 2.24) is 14.3 Å². The van der Waals surface area contributed by atoms with Gasteiger partial charge in [-0.05, 0) is 50.5 Å². The zero-order valence-electron chi connectivity index (χ0n) is 17.9. The predicted octanol–water partition coefficient (Wildman–Crippen LogP) is 5.25. The molecule has 0 unspecified atom stereocenters. The van der Waals surface area contributed by atoms with Crippen LogP contribution in [0.5, 0.6) is 0 Å². The summed E-state index contributed by atoms with van der Waals surface area (Å²) in [6, 6.07) is 15.1. The van der Waals surface area contributed by atoms with Crippen LogP contribution in [-0.2, 0) is 0 Å². The lowest BCUT2D eigenvalue weighted by Crippen LogP contribution is -2.36. The Labute approximate surface area is 190 Å². The standard InChI is InChI=1S/C25H24N4O2S/c1-17-7-5-9-19(13-17)23(30)26-20-10-6-8-18(14-20)21-15-29-22(16-32-25(29)27-21)24(31)28-11-3-2-4-12-28/h5-10,13-16H,2-4,11-12H2,1H3,(H,26,30). The maximum absolute atomic E-state index is 13.0. The fourth-order valence-electron chi connectivity index (χ4n) is 4.08. The number of likely N-dealkylation sites (tertiary alicyclic amines) is 1. The number of aryl methyl sites for hydroxylation is 1. The Bertz CT molecular complexity index is 1300. The molecular weight excluding hydrogens is 420 g/mol. The number of carbonyl (C=O) groups is 2. The van der Waals surface area contributed by atoms with Gasteiger partial charge in [0.2, 0.25) is 0 Å². The van der Waals surface area contributed by atoms with Crippen LogP contribution in [0, 0.1) is 6.92 Å². The van der Waals surface area contributed by atoms with Crippen LogP contribution in [0.2, 0.25) is 0 Å². The van der Waals surface area contributed by atoms with Crippen molar-refractivity contribution in [2.24, 2.45) is 0 Å². The molecule has 3 heterocycles. The number of anilines is 1. The van der Waals surface area contributed by atoms with E-state index in [9.17, 15) is 9.59 Å². The van der Waals surface area contributed by atoms with Crippen LogP contribution in [-0.4, -0.2) is 39.2 Å². The van der Waals surface area contributed by atoms with Crippen molar-refractivity contribution in [3.8, 4) is 11.3 Å². The van der Waals surface area contributed by atoms with Gasteiger partial charge in [-0.15, -0.1) is 11.3 Å². The fraction of sp³-hybridized carbons (Fsp3) is 0.240. The van der Waals surface area contributed by atoms with E-state index in [1.54, 1.807) is 6.07 Å². The molecule has 0 radical (unpaired) electrons. The maximum atomic E-state index is 13.0. The van der Waals surface area contributed by atoms with E-state index in [0.29, 0.717) is 16.9 Å². The number of amides is 2. The van der Waals surface area contributed by atoms with Crippen LogP contribution in [0.1, 0.15) is 45.7 Å². The van der Waals surface area contributed by atoms with E-state index in [1.165, 1.54) is 17.8 Å². The predicted molar refractivity (Wildman–Crippen MR) is 127 cm³/mol. The molecule has 0 aliphatic carbocycles. The van der Waals surface area contributed by atoms with Crippen LogP contribution >= 0.6 is 11.3 Å². The molecule has 1 N–H and O–H groups in total. The van der Waals surface area contributed by atoms with E-state index in [2.05, 4.69) is 5.32 Å². The van der Waals surface area contributed by atoms with E-state index >= 15 is 0 Å². The zero-order chi connectivity index (χ0) is 22.1. The Morgan fingerprint density at radius 3 is 2.66 bits per heavy atom. The first-order chi connectivity index (χ1) is 15.6. The van der Waals surface area contributed by atoms with Crippen molar-refractivity contribution >= 4 is 33.8 Å². The monoisotopic (exact) mass is 444 g/mol. The maximum Gasteiger partial charge on any atom is 0.271 e. The summed E-state index contributed by atoms with van der Waals surface area (Å²) >= 11 is 1.47. The summed E-state index contributed by atoms with van der Waals surface area (Å²) in [6.07, 6.45) is 5.23. The topological polar surface area (TPSA) is 66.7 Å². The van der Waals surface area contributed by atoms with E-state index in [-0.39, 0.29) is 11.8 Å². The first kappa shape index (κ1) is 20.5. The lowest BCUT2D eigenvalue weighted by atomic mass is 10.1. The Balaban J connectivity index is 1.39. The van der Waals surface area contributed by atoms with Crippen LogP contribution in [0.4, 0.5) is 5.69 Å². The van der Waals surface area contributed by atoms with Crippen molar-refractivity contribution in [2.45, 2.75) is 26.2 Å². The highest BCUT2D eigenvalue weighted by Gasteiger charge is 2.22. The minimum Gasteiger partial charge on any atom is -0.337 e. The van der Waals surface area contributed by atoms with E-state index < -0.39 is 0 Å². The van der Waals surface area contributed by atoms with Gasteiger partial charge >= 0.3 is 0 Å². The minimum absolute atomic E-state index is 0.0686. The number of imidazole rings is 1. The normalized spacial score (nSPS) is 14.0. The number of carbonyl (C=O) groups excluding carboxylic acids is 2. The van der Waals surface area contributed by atoms with Crippen LogP contribution < -0.4 is 5.32 Å². The second kappa shape index (κ2) is 8.59. The zero-order valence-corrected chi connectivity index (χ0v) is 18.7. The van der Waals surface area contributed by atoms with Gasteiger partial charge in [0.25, 0.3) is 11.8 Å². The van der Waals surface area contributed by atoms with Crippen molar-refractivity contribution in [2.75, 3.05) is 18.4 Å². The molecule has 1 saturated heterocycles. The second-order valence-corrected chi connectivity index (χ2v) is 8.99. The SMILES string of the molecule is Cc1cccc(C(=O)Nc2cccc(-c3cn4c(C(=O)N5CCCCC5)csc4n3)c2)c1. The fourth-order valence-corrected chi connectivity index (χ4v) is 4.93.